The molecular formula is C21H31N5O3. The monoisotopic (exact) mass is 401 g/mol. The largest absolute Gasteiger partial charge is 0.370 e. The SMILES string of the molecule is NC(=O)CCC(=O)N1CCC(N2CCC[C@H](C(=O)NCc3ccccn3)C2)CC1. The summed E-state index contributed by atoms with van der Waals surface area (Å²) < 4.78 is 0. The van der Waals surface area contributed by atoms with Gasteiger partial charge in [-0.2, -0.15) is 0 Å². The molecule has 0 saturated carbocycles. The van der Waals surface area contributed by atoms with Crippen LogP contribution in [0.15, 0.2) is 24.4 Å². The fourth-order valence-corrected chi connectivity index (χ4v) is 4.25. The zero-order valence-electron chi connectivity index (χ0n) is 16.9. The van der Waals surface area contributed by atoms with Crippen molar-refractivity contribution in [2.45, 2.75) is 51.1 Å². The molecule has 0 aliphatic carbocycles. The predicted molar refractivity (Wildman–Crippen MR) is 108 cm³/mol. The standard InChI is InChI=1S/C21H31N5O3/c22-19(27)6-7-20(28)25-12-8-18(9-13-25)26-11-3-4-16(15-26)21(29)24-14-17-5-1-2-10-23-17/h1-2,5,10,16,18H,3-4,6-9,11-15H2,(H2,22,27)(H,24,29)/t16-/m0/s1. The Labute approximate surface area is 171 Å². The Morgan fingerprint density at radius 2 is 1.90 bits per heavy atom. The van der Waals surface area contributed by atoms with Gasteiger partial charge in [0.2, 0.25) is 17.7 Å². The highest BCUT2D eigenvalue weighted by Gasteiger charge is 2.32. The molecule has 3 rings (SSSR count). The number of nitrogens with zero attached hydrogens (tertiary/aromatic N) is 3. The van der Waals surface area contributed by atoms with Gasteiger partial charge in [0.15, 0.2) is 0 Å². The highest BCUT2D eigenvalue weighted by Crippen LogP contribution is 2.24. The summed E-state index contributed by atoms with van der Waals surface area (Å²) in [5.74, 6) is -0.330. The van der Waals surface area contributed by atoms with Gasteiger partial charge in [-0.3, -0.25) is 24.3 Å². The third kappa shape index (κ3) is 6.25. The zero-order chi connectivity index (χ0) is 20.6. The number of carbonyl (C=O) groups is 3. The minimum Gasteiger partial charge on any atom is -0.370 e. The summed E-state index contributed by atoms with van der Waals surface area (Å²) in [5, 5.41) is 3.02. The number of rotatable bonds is 7. The molecule has 158 valence electrons. The number of pyridine rings is 1. The van der Waals surface area contributed by atoms with Gasteiger partial charge in [0.1, 0.15) is 0 Å². The average molecular weight is 402 g/mol. The molecule has 3 N–H and O–H groups in total. The molecule has 3 heterocycles. The highest BCUT2D eigenvalue weighted by atomic mass is 16.2. The Balaban J connectivity index is 1.43. The van der Waals surface area contributed by atoms with Crippen molar-refractivity contribution >= 4 is 17.7 Å². The molecule has 2 aliphatic rings. The number of primary amides is 1. The number of piperidine rings is 2. The van der Waals surface area contributed by atoms with E-state index < -0.39 is 5.91 Å². The van der Waals surface area contributed by atoms with Crippen LogP contribution in [0.4, 0.5) is 0 Å². The van der Waals surface area contributed by atoms with Gasteiger partial charge in [-0.25, -0.2) is 0 Å². The Hall–Kier alpha value is -2.48. The van der Waals surface area contributed by atoms with Gasteiger partial charge >= 0.3 is 0 Å². The van der Waals surface area contributed by atoms with E-state index in [1.807, 2.05) is 23.1 Å². The van der Waals surface area contributed by atoms with Crippen LogP contribution in [0.25, 0.3) is 0 Å². The van der Waals surface area contributed by atoms with E-state index >= 15 is 0 Å². The van der Waals surface area contributed by atoms with Crippen molar-refractivity contribution in [3.63, 3.8) is 0 Å². The molecule has 0 aromatic carbocycles. The van der Waals surface area contributed by atoms with Crippen molar-refractivity contribution < 1.29 is 14.4 Å². The van der Waals surface area contributed by atoms with Crippen LogP contribution in [0.3, 0.4) is 0 Å². The van der Waals surface area contributed by atoms with Gasteiger partial charge in [0.05, 0.1) is 18.2 Å². The fraction of sp³-hybridized carbons (Fsp3) is 0.619. The first kappa shape index (κ1) is 21.2. The molecule has 8 nitrogen and oxygen atoms in total. The van der Waals surface area contributed by atoms with Crippen LogP contribution in [0, 0.1) is 5.92 Å². The number of aromatic nitrogens is 1. The smallest absolute Gasteiger partial charge is 0.224 e. The first-order chi connectivity index (χ1) is 14.0. The minimum atomic E-state index is -0.436. The van der Waals surface area contributed by atoms with Crippen molar-refractivity contribution in [2.24, 2.45) is 11.7 Å². The minimum absolute atomic E-state index is 0.00249. The van der Waals surface area contributed by atoms with Gasteiger partial charge in [0, 0.05) is 44.7 Å². The second kappa shape index (κ2) is 10.3. The number of nitrogens with one attached hydrogen (secondary N) is 1. The molecule has 1 aromatic heterocycles. The molecule has 2 fully saturated rings. The first-order valence-electron chi connectivity index (χ1n) is 10.5. The van der Waals surface area contributed by atoms with Crippen LogP contribution < -0.4 is 11.1 Å². The van der Waals surface area contributed by atoms with Crippen molar-refractivity contribution in [1.29, 1.82) is 0 Å². The fourth-order valence-electron chi connectivity index (χ4n) is 4.25. The van der Waals surface area contributed by atoms with Gasteiger partial charge in [-0.05, 0) is 44.4 Å². The molecule has 1 aromatic rings. The van der Waals surface area contributed by atoms with Crippen LogP contribution >= 0.6 is 0 Å². The van der Waals surface area contributed by atoms with Crippen LogP contribution in [0.5, 0.6) is 0 Å². The summed E-state index contributed by atoms with van der Waals surface area (Å²) in [6.45, 7) is 3.64. The Morgan fingerprint density at radius 3 is 2.59 bits per heavy atom. The van der Waals surface area contributed by atoms with E-state index in [1.165, 1.54) is 0 Å². The lowest BCUT2D eigenvalue weighted by atomic mass is 9.93. The molecule has 8 heteroatoms. The third-order valence-electron chi connectivity index (χ3n) is 5.91. The van der Waals surface area contributed by atoms with E-state index in [-0.39, 0.29) is 30.6 Å². The molecular weight excluding hydrogens is 370 g/mol. The number of hydrogen-bond donors (Lipinski definition) is 2. The maximum atomic E-state index is 12.6. The summed E-state index contributed by atoms with van der Waals surface area (Å²) >= 11 is 0. The molecule has 0 bridgehead atoms. The van der Waals surface area contributed by atoms with Crippen molar-refractivity contribution in [1.82, 2.24) is 20.1 Å². The number of hydrogen-bond acceptors (Lipinski definition) is 5. The van der Waals surface area contributed by atoms with Gasteiger partial charge in [0.25, 0.3) is 0 Å². The van der Waals surface area contributed by atoms with E-state index in [0.29, 0.717) is 25.7 Å². The normalized spacial score (nSPS) is 21.0. The summed E-state index contributed by atoms with van der Waals surface area (Å²) in [6, 6.07) is 6.09. The average Bonchev–Trinajstić information content (AvgIpc) is 2.76. The first-order valence-corrected chi connectivity index (χ1v) is 10.5. The molecule has 3 amide bonds. The van der Waals surface area contributed by atoms with Crippen molar-refractivity contribution in [3.05, 3.63) is 30.1 Å². The molecule has 0 radical (unpaired) electrons. The van der Waals surface area contributed by atoms with Crippen molar-refractivity contribution in [3.8, 4) is 0 Å². The quantitative estimate of drug-likeness (QED) is 0.698. The molecule has 1 atom stereocenters. The van der Waals surface area contributed by atoms with Gasteiger partial charge in [-0.1, -0.05) is 6.07 Å². The number of nitrogens with two attached hydrogens (primary N) is 1. The van der Waals surface area contributed by atoms with E-state index in [0.717, 1.165) is 44.5 Å². The second-order valence-corrected chi connectivity index (χ2v) is 7.95. The lowest BCUT2D eigenvalue weighted by Crippen LogP contribution is -2.51. The molecule has 2 saturated heterocycles. The molecule has 0 unspecified atom stereocenters. The second-order valence-electron chi connectivity index (χ2n) is 7.95. The van der Waals surface area contributed by atoms with Gasteiger partial charge < -0.3 is 16.0 Å². The van der Waals surface area contributed by atoms with E-state index in [1.54, 1.807) is 6.20 Å². The Bertz CT molecular complexity index is 704. The summed E-state index contributed by atoms with van der Waals surface area (Å²) in [7, 11) is 0. The maximum Gasteiger partial charge on any atom is 0.224 e. The summed E-state index contributed by atoms with van der Waals surface area (Å²) in [4.78, 5) is 44.1. The number of amides is 3. The van der Waals surface area contributed by atoms with Crippen LogP contribution in [-0.2, 0) is 20.9 Å². The van der Waals surface area contributed by atoms with E-state index in [4.69, 9.17) is 5.73 Å². The lowest BCUT2D eigenvalue weighted by molar-refractivity contribution is -0.134. The molecule has 0 spiro atoms. The van der Waals surface area contributed by atoms with E-state index in [2.05, 4.69) is 15.2 Å². The lowest BCUT2D eigenvalue weighted by Gasteiger charge is -2.42. The van der Waals surface area contributed by atoms with Crippen molar-refractivity contribution in [2.75, 3.05) is 26.2 Å². The third-order valence-corrected chi connectivity index (χ3v) is 5.91. The van der Waals surface area contributed by atoms with Crippen LogP contribution in [0.2, 0.25) is 0 Å². The summed E-state index contributed by atoms with van der Waals surface area (Å²) in [6.07, 6.45) is 5.78. The zero-order valence-corrected chi connectivity index (χ0v) is 16.9. The highest BCUT2D eigenvalue weighted by molar-refractivity contribution is 5.83. The Kier molecular flexibility index (Phi) is 7.57. The molecule has 29 heavy (non-hydrogen) atoms. The predicted octanol–water partition coefficient (Wildman–Crippen LogP) is 0.666. The van der Waals surface area contributed by atoms with Crippen LogP contribution in [0.1, 0.15) is 44.2 Å². The summed E-state index contributed by atoms with van der Waals surface area (Å²) in [5.41, 5.74) is 5.99. The number of carbonyl (C=O) groups excluding carboxylic acids is 3. The number of likely N-dealkylation sites (tertiary alicyclic amines) is 2. The van der Waals surface area contributed by atoms with Crippen LogP contribution in [-0.4, -0.2) is 64.7 Å². The Morgan fingerprint density at radius 1 is 1.10 bits per heavy atom. The topological polar surface area (TPSA) is 109 Å². The van der Waals surface area contributed by atoms with E-state index in [9.17, 15) is 14.4 Å². The van der Waals surface area contributed by atoms with Gasteiger partial charge in [-0.15, -0.1) is 0 Å². The maximum absolute atomic E-state index is 12.6. The molecule has 2 aliphatic heterocycles.